The Bertz CT molecular complexity index is 726. The molecule has 0 spiro atoms. The molecule has 124 valence electrons. The molecule has 0 radical (unpaired) electrons. The molecule has 0 amide bonds. The van der Waals surface area contributed by atoms with E-state index in [0.717, 1.165) is 17.9 Å². The van der Waals surface area contributed by atoms with E-state index in [9.17, 15) is 9.59 Å². The molecular formula is C13H16N4O4S2. The molecule has 2 rings (SSSR count). The van der Waals surface area contributed by atoms with Gasteiger partial charge in [0, 0.05) is 17.9 Å². The summed E-state index contributed by atoms with van der Waals surface area (Å²) in [5.74, 6) is -0.799. The molecule has 0 aliphatic carbocycles. The molecule has 0 aliphatic rings. The standard InChI is InChI=1S/C13H16N4O4S2/c1-4-17-6-15-16-13(17)22-5-7-8(11(18)20-2)10(14)23-9(7)12(19)21-3/h6H,4-5,14H2,1-3H3. The number of nitrogens with two attached hydrogens (primary N) is 1. The zero-order chi connectivity index (χ0) is 17.0. The minimum atomic E-state index is -0.582. The largest absolute Gasteiger partial charge is 0.465 e. The van der Waals surface area contributed by atoms with E-state index in [2.05, 4.69) is 10.2 Å². The van der Waals surface area contributed by atoms with E-state index in [-0.39, 0.29) is 10.6 Å². The first-order valence-electron chi connectivity index (χ1n) is 6.61. The Kier molecular flexibility index (Phi) is 5.61. The average molecular weight is 356 g/mol. The topological polar surface area (TPSA) is 109 Å². The first-order chi connectivity index (χ1) is 11.0. The third kappa shape index (κ3) is 3.48. The molecule has 0 aromatic carbocycles. The lowest BCUT2D eigenvalue weighted by Crippen LogP contribution is -2.09. The highest BCUT2D eigenvalue weighted by molar-refractivity contribution is 7.98. The fourth-order valence-electron chi connectivity index (χ4n) is 1.92. The molecule has 0 bridgehead atoms. The predicted molar refractivity (Wildman–Crippen MR) is 86.7 cm³/mol. The number of ether oxygens (including phenoxy) is 2. The van der Waals surface area contributed by atoms with Crippen LogP contribution >= 0.6 is 23.1 Å². The number of hydrogen-bond donors (Lipinski definition) is 1. The number of rotatable bonds is 6. The average Bonchev–Trinajstić information content (AvgIpc) is 3.14. The summed E-state index contributed by atoms with van der Waals surface area (Å²) in [5, 5.41) is 8.77. The highest BCUT2D eigenvalue weighted by Crippen LogP contribution is 2.36. The summed E-state index contributed by atoms with van der Waals surface area (Å²) in [7, 11) is 2.54. The molecule has 0 fully saturated rings. The second-order valence-corrected chi connectivity index (χ2v) is 6.32. The van der Waals surface area contributed by atoms with Gasteiger partial charge in [-0.2, -0.15) is 0 Å². The fraction of sp³-hybridized carbons (Fsp3) is 0.385. The monoisotopic (exact) mass is 356 g/mol. The maximum absolute atomic E-state index is 12.0. The Morgan fingerprint density at radius 2 is 2.04 bits per heavy atom. The lowest BCUT2D eigenvalue weighted by molar-refractivity contribution is 0.0601. The number of carbonyl (C=O) groups is 2. The van der Waals surface area contributed by atoms with Crippen LogP contribution in [0.5, 0.6) is 0 Å². The van der Waals surface area contributed by atoms with E-state index in [4.69, 9.17) is 15.2 Å². The Morgan fingerprint density at radius 1 is 1.35 bits per heavy atom. The van der Waals surface area contributed by atoms with Gasteiger partial charge in [0.25, 0.3) is 0 Å². The third-order valence-electron chi connectivity index (χ3n) is 3.06. The molecule has 2 N–H and O–H groups in total. The van der Waals surface area contributed by atoms with Crippen LogP contribution in [0.2, 0.25) is 0 Å². The number of thioether (sulfide) groups is 1. The molecule has 0 saturated carbocycles. The molecule has 2 heterocycles. The number of nitrogens with zero attached hydrogens (tertiary/aromatic N) is 3. The molecule has 0 saturated heterocycles. The van der Waals surface area contributed by atoms with Gasteiger partial charge >= 0.3 is 11.9 Å². The van der Waals surface area contributed by atoms with Crippen molar-refractivity contribution in [2.24, 2.45) is 0 Å². The van der Waals surface area contributed by atoms with Crippen molar-refractivity contribution < 1.29 is 19.1 Å². The van der Waals surface area contributed by atoms with Crippen molar-refractivity contribution in [2.75, 3.05) is 20.0 Å². The summed E-state index contributed by atoms with van der Waals surface area (Å²) in [6, 6.07) is 0. The van der Waals surface area contributed by atoms with Gasteiger partial charge in [0.1, 0.15) is 16.2 Å². The van der Waals surface area contributed by atoms with Crippen molar-refractivity contribution in [3.63, 3.8) is 0 Å². The molecule has 0 aliphatic heterocycles. The Hall–Kier alpha value is -2.07. The molecular weight excluding hydrogens is 340 g/mol. The maximum atomic E-state index is 12.0. The van der Waals surface area contributed by atoms with Crippen LogP contribution in [-0.4, -0.2) is 40.9 Å². The molecule has 2 aromatic rings. The number of methoxy groups -OCH3 is 2. The van der Waals surface area contributed by atoms with E-state index >= 15 is 0 Å². The predicted octanol–water partition coefficient (Wildman–Crippen LogP) is 1.81. The number of esters is 2. The number of aryl methyl sites for hydroxylation is 1. The summed E-state index contributed by atoms with van der Waals surface area (Å²) < 4.78 is 11.4. The molecule has 8 nitrogen and oxygen atoms in total. The second kappa shape index (κ2) is 7.47. The van der Waals surface area contributed by atoms with Crippen LogP contribution in [0.1, 0.15) is 32.5 Å². The van der Waals surface area contributed by atoms with Crippen LogP contribution < -0.4 is 5.73 Å². The van der Waals surface area contributed by atoms with Gasteiger partial charge in [-0.25, -0.2) is 9.59 Å². The zero-order valence-electron chi connectivity index (χ0n) is 12.9. The van der Waals surface area contributed by atoms with Crippen molar-refractivity contribution in [3.05, 3.63) is 22.3 Å². The number of hydrogen-bond acceptors (Lipinski definition) is 9. The number of aromatic nitrogens is 3. The van der Waals surface area contributed by atoms with Gasteiger partial charge in [0.05, 0.1) is 19.8 Å². The molecule has 0 unspecified atom stereocenters. The van der Waals surface area contributed by atoms with Gasteiger partial charge < -0.3 is 19.8 Å². The van der Waals surface area contributed by atoms with Crippen molar-refractivity contribution in [2.45, 2.75) is 24.4 Å². The van der Waals surface area contributed by atoms with Crippen LogP contribution in [0.3, 0.4) is 0 Å². The van der Waals surface area contributed by atoms with Crippen molar-refractivity contribution in [3.8, 4) is 0 Å². The zero-order valence-corrected chi connectivity index (χ0v) is 14.5. The number of nitrogen functional groups attached to an aromatic ring is 1. The van der Waals surface area contributed by atoms with Gasteiger partial charge in [0.15, 0.2) is 5.16 Å². The minimum absolute atomic E-state index is 0.202. The van der Waals surface area contributed by atoms with Crippen LogP contribution in [0, 0.1) is 0 Å². The molecule has 2 aromatic heterocycles. The Balaban J connectivity index is 2.38. The van der Waals surface area contributed by atoms with E-state index in [0.29, 0.717) is 21.3 Å². The van der Waals surface area contributed by atoms with Gasteiger partial charge in [-0.1, -0.05) is 11.8 Å². The van der Waals surface area contributed by atoms with Crippen molar-refractivity contribution >= 4 is 40.0 Å². The number of anilines is 1. The summed E-state index contributed by atoms with van der Waals surface area (Å²) in [5.41, 5.74) is 6.57. The molecule has 0 atom stereocenters. The molecule has 10 heteroatoms. The van der Waals surface area contributed by atoms with E-state index in [1.165, 1.54) is 26.0 Å². The van der Waals surface area contributed by atoms with Gasteiger partial charge in [-0.3, -0.25) is 0 Å². The van der Waals surface area contributed by atoms with Crippen LogP contribution in [0.15, 0.2) is 11.5 Å². The number of thiophene rings is 1. The summed E-state index contributed by atoms with van der Waals surface area (Å²) >= 11 is 2.36. The Morgan fingerprint density at radius 3 is 2.65 bits per heavy atom. The van der Waals surface area contributed by atoms with E-state index in [1.807, 2.05) is 11.5 Å². The SMILES string of the molecule is CCn1cnnc1SCc1c(C(=O)OC)sc(N)c1C(=O)OC. The van der Waals surface area contributed by atoms with Crippen LogP contribution in [0.4, 0.5) is 5.00 Å². The van der Waals surface area contributed by atoms with Crippen LogP contribution in [-0.2, 0) is 21.8 Å². The van der Waals surface area contributed by atoms with Crippen molar-refractivity contribution in [1.29, 1.82) is 0 Å². The van der Waals surface area contributed by atoms with Gasteiger partial charge in [-0.15, -0.1) is 21.5 Å². The van der Waals surface area contributed by atoms with E-state index in [1.54, 1.807) is 6.33 Å². The lowest BCUT2D eigenvalue weighted by Gasteiger charge is -2.06. The minimum Gasteiger partial charge on any atom is -0.465 e. The second-order valence-electron chi connectivity index (χ2n) is 4.32. The van der Waals surface area contributed by atoms with Gasteiger partial charge in [-0.05, 0) is 6.92 Å². The third-order valence-corrected chi connectivity index (χ3v) is 5.11. The highest BCUT2D eigenvalue weighted by atomic mass is 32.2. The first kappa shape index (κ1) is 17.3. The summed E-state index contributed by atoms with van der Waals surface area (Å²) in [6.07, 6.45) is 1.62. The lowest BCUT2D eigenvalue weighted by atomic mass is 10.1. The molecule has 23 heavy (non-hydrogen) atoms. The summed E-state index contributed by atoms with van der Waals surface area (Å²) in [4.78, 5) is 24.2. The highest BCUT2D eigenvalue weighted by Gasteiger charge is 2.27. The summed E-state index contributed by atoms with van der Waals surface area (Å²) in [6.45, 7) is 2.69. The smallest absolute Gasteiger partial charge is 0.348 e. The first-order valence-corrected chi connectivity index (χ1v) is 8.42. The Labute approximate surface area is 141 Å². The normalized spacial score (nSPS) is 10.6. The maximum Gasteiger partial charge on any atom is 0.348 e. The fourth-order valence-corrected chi connectivity index (χ4v) is 4.01. The number of carbonyl (C=O) groups excluding carboxylic acids is 2. The van der Waals surface area contributed by atoms with Gasteiger partial charge in [0.2, 0.25) is 0 Å². The van der Waals surface area contributed by atoms with Crippen LogP contribution in [0.25, 0.3) is 0 Å². The van der Waals surface area contributed by atoms with Crippen molar-refractivity contribution in [1.82, 2.24) is 14.8 Å². The van der Waals surface area contributed by atoms with E-state index < -0.39 is 11.9 Å². The quantitative estimate of drug-likeness (QED) is 0.616.